The lowest BCUT2D eigenvalue weighted by molar-refractivity contribution is 0.0510. The number of rotatable bonds is 3. The number of likely N-dealkylation sites (tertiary alicyclic amines) is 1. The molecule has 6 nitrogen and oxygen atoms in total. The van der Waals surface area contributed by atoms with Crippen LogP contribution < -0.4 is 0 Å². The molecule has 0 unspecified atom stereocenters. The van der Waals surface area contributed by atoms with Gasteiger partial charge in [0, 0.05) is 25.2 Å². The van der Waals surface area contributed by atoms with Crippen molar-refractivity contribution in [3.05, 3.63) is 27.7 Å². The van der Waals surface area contributed by atoms with Crippen LogP contribution >= 0.6 is 23.2 Å². The molecular formula is C18H24Cl2N2O4S. The number of benzene rings is 1. The van der Waals surface area contributed by atoms with Gasteiger partial charge in [-0.05, 0) is 45.2 Å². The van der Waals surface area contributed by atoms with Gasteiger partial charge in [-0.25, -0.2) is 8.42 Å². The van der Waals surface area contributed by atoms with E-state index in [2.05, 4.69) is 0 Å². The van der Waals surface area contributed by atoms with Crippen molar-refractivity contribution in [2.75, 3.05) is 26.3 Å². The summed E-state index contributed by atoms with van der Waals surface area (Å²) < 4.78 is 32.6. The highest BCUT2D eigenvalue weighted by Crippen LogP contribution is 2.33. The summed E-state index contributed by atoms with van der Waals surface area (Å²) in [7, 11) is -3.83. The van der Waals surface area contributed by atoms with Gasteiger partial charge < -0.3 is 9.64 Å². The average molecular weight is 435 g/mol. The van der Waals surface area contributed by atoms with Gasteiger partial charge in [0.15, 0.2) is 0 Å². The molecule has 0 saturated carbocycles. The SMILES string of the molecule is C[C@H]1CCC[C@H](C)N1C(=O)c1cc(S(=O)(=O)N2CCOCC2)c(Cl)cc1Cl. The topological polar surface area (TPSA) is 66.9 Å². The van der Waals surface area contributed by atoms with Gasteiger partial charge in [-0.3, -0.25) is 4.79 Å². The zero-order valence-electron chi connectivity index (χ0n) is 15.5. The monoisotopic (exact) mass is 434 g/mol. The van der Waals surface area contributed by atoms with E-state index < -0.39 is 10.0 Å². The first kappa shape index (κ1) is 20.9. The third kappa shape index (κ3) is 4.12. The summed E-state index contributed by atoms with van der Waals surface area (Å²) in [5.74, 6) is -0.255. The molecule has 0 aromatic heterocycles. The van der Waals surface area contributed by atoms with Crippen molar-refractivity contribution in [3.63, 3.8) is 0 Å². The third-order valence-corrected chi connectivity index (χ3v) is 7.94. The van der Waals surface area contributed by atoms with E-state index in [-0.39, 0.29) is 51.6 Å². The molecule has 2 heterocycles. The molecule has 0 aliphatic carbocycles. The van der Waals surface area contributed by atoms with Crippen LogP contribution in [0.4, 0.5) is 0 Å². The minimum absolute atomic E-state index is 0.0165. The van der Waals surface area contributed by atoms with Gasteiger partial charge in [0.1, 0.15) is 4.90 Å². The number of amides is 1. The predicted molar refractivity (Wildman–Crippen MR) is 105 cm³/mol. The minimum atomic E-state index is -3.83. The Morgan fingerprint density at radius 1 is 1.07 bits per heavy atom. The Hall–Kier alpha value is -0.860. The zero-order valence-corrected chi connectivity index (χ0v) is 17.8. The summed E-state index contributed by atoms with van der Waals surface area (Å²) in [6, 6.07) is 2.83. The Morgan fingerprint density at radius 2 is 1.67 bits per heavy atom. The van der Waals surface area contributed by atoms with E-state index in [4.69, 9.17) is 27.9 Å². The Labute approximate surface area is 170 Å². The molecule has 2 saturated heterocycles. The first-order chi connectivity index (χ1) is 12.7. The smallest absolute Gasteiger partial charge is 0.255 e. The van der Waals surface area contributed by atoms with Crippen LogP contribution in [0.1, 0.15) is 43.5 Å². The Bertz CT molecular complexity index is 815. The molecule has 0 bridgehead atoms. The van der Waals surface area contributed by atoms with Crippen LogP contribution in [0, 0.1) is 0 Å². The molecule has 1 aromatic carbocycles. The lowest BCUT2D eigenvalue weighted by Gasteiger charge is -2.39. The Morgan fingerprint density at radius 3 is 2.26 bits per heavy atom. The summed E-state index contributed by atoms with van der Waals surface area (Å²) in [4.78, 5) is 14.9. The van der Waals surface area contributed by atoms with Gasteiger partial charge in [0.25, 0.3) is 5.91 Å². The quantitative estimate of drug-likeness (QED) is 0.730. The molecule has 1 aromatic rings. The molecule has 2 aliphatic heterocycles. The molecule has 9 heteroatoms. The van der Waals surface area contributed by atoms with Crippen molar-refractivity contribution in [3.8, 4) is 0 Å². The predicted octanol–water partition coefficient (Wildman–Crippen LogP) is 3.42. The highest BCUT2D eigenvalue weighted by atomic mass is 35.5. The molecule has 1 amide bonds. The van der Waals surface area contributed by atoms with Gasteiger partial charge in [-0.15, -0.1) is 0 Å². The van der Waals surface area contributed by atoms with Gasteiger partial charge >= 0.3 is 0 Å². The van der Waals surface area contributed by atoms with Crippen LogP contribution in [0.15, 0.2) is 17.0 Å². The molecule has 0 radical (unpaired) electrons. The van der Waals surface area contributed by atoms with Crippen molar-refractivity contribution < 1.29 is 17.9 Å². The molecule has 3 rings (SSSR count). The fourth-order valence-electron chi connectivity index (χ4n) is 3.78. The number of halogens is 2. The first-order valence-electron chi connectivity index (χ1n) is 9.13. The number of hydrogen-bond donors (Lipinski definition) is 0. The second kappa shape index (κ2) is 8.25. The maximum absolute atomic E-state index is 13.2. The van der Waals surface area contributed by atoms with Gasteiger partial charge in [0.2, 0.25) is 10.0 Å². The fraction of sp³-hybridized carbons (Fsp3) is 0.611. The number of piperidine rings is 1. The highest BCUT2D eigenvalue weighted by Gasteiger charge is 2.34. The average Bonchev–Trinajstić information content (AvgIpc) is 2.62. The van der Waals surface area contributed by atoms with E-state index in [9.17, 15) is 13.2 Å². The molecular weight excluding hydrogens is 411 g/mol. The normalized spacial score (nSPS) is 24.8. The summed E-state index contributed by atoms with van der Waals surface area (Å²) in [5, 5.41) is 0.179. The van der Waals surface area contributed by atoms with Crippen molar-refractivity contribution >= 4 is 39.1 Å². The maximum atomic E-state index is 13.2. The van der Waals surface area contributed by atoms with E-state index in [1.54, 1.807) is 4.90 Å². The molecule has 150 valence electrons. The summed E-state index contributed by atoms with van der Waals surface area (Å²) in [6.45, 7) is 5.18. The number of morpholine rings is 1. The number of hydrogen-bond acceptors (Lipinski definition) is 4. The summed E-state index contributed by atoms with van der Waals surface area (Å²) in [5.41, 5.74) is 0.175. The van der Waals surface area contributed by atoms with Crippen molar-refractivity contribution in [1.29, 1.82) is 0 Å². The number of ether oxygens (including phenoxy) is 1. The largest absolute Gasteiger partial charge is 0.379 e. The van der Waals surface area contributed by atoms with Crippen molar-refractivity contribution in [1.82, 2.24) is 9.21 Å². The molecule has 2 aliphatic rings. The number of sulfonamides is 1. The lowest BCUT2D eigenvalue weighted by Crippen LogP contribution is -2.47. The number of carbonyl (C=O) groups is 1. The molecule has 0 N–H and O–H groups in total. The van der Waals surface area contributed by atoms with E-state index in [1.807, 2.05) is 13.8 Å². The van der Waals surface area contributed by atoms with Crippen LogP contribution in [0.5, 0.6) is 0 Å². The highest BCUT2D eigenvalue weighted by molar-refractivity contribution is 7.89. The van der Waals surface area contributed by atoms with E-state index >= 15 is 0 Å². The van der Waals surface area contributed by atoms with Crippen LogP contribution in [0.25, 0.3) is 0 Å². The fourth-order valence-corrected chi connectivity index (χ4v) is 6.01. The van der Waals surface area contributed by atoms with Crippen LogP contribution in [0.3, 0.4) is 0 Å². The molecule has 2 atom stereocenters. The van der Waals surface area contributed by atoms with Crippen LogP contribution in [-0.4, -0.2) is 61.9 Å². The maximum Gasteiger partial charge on any atom is 0.255 e. The van der Waals surface area contributed by atoms with Gasteiger partial charge in [-0.1, -0.05) is 23.2 Å². The first-order valence-corrected chi connectivity index (χ1v) is 11.3. The summed E-state index contributed by atoms with van der Waals surface area (Å²) in [6.07, 6.45) is 2.90. The molecule has 2 fully saturated rings. The Kier molecular flexibility index (Phi) is 6.37. The van der Waals surface area contributed by atoms with Crippen molar-refractivity contribution in [2.45, 2.75) is 50.1 Å². The second-order valence-electron chi connectivity index (χ2n) is 7.12. The van der Waals surface area contributed by atoms with E-state index in [0.29, 0.717) is 13.2 Å². The van der Waals surface area contributed by atoms with E-state index in [1.165, 1.54) is 16.4 Å². The van der Waals surface area contributed by atoms with Gasteiger partial charge in [0.05, 0.1) is 28.8 Å². The standard InChI is InChI=1S/C18H24Cl2N2O4S/c1-12-4-3-5-13(2)22(12)18(23)14-10-17(16(20)11-15(14)19)27(24,25)21-6-8-26-9-7-21/h10-13H,3-9H2,1-2H3/t12-,13-/m0/s1. The van der Waals surface area contributed by atoms with E-state index in [0.717, 1.165) is 19.3 Å². The summed E-state index contributed by atoms with van der Waals surface area (Å²) >= 11 is 12.5. The van der Waals surface area contributed by atoms with Crippen LogP contribution in [-0.2, 0) is 14.8 Å². The molecule has 27 heavy (non-hydrogen) atoms. The van der Waals surface area contributed by atoms with Gasteiger partial charge in [-0.2, -0.15) is 4.31 Å². The zero-order chi connectivity index (χ0) is 19.8. The third-order valence-electron chi connectivity index (χ3n) is 5.27. The van der Waals surface area contributed by atoms with Crippen molar-refractivity contribution in [2.24, 2.45) is 0 Å². The number of carbonyl (C=O) groups excluding carboxylic acids is 1. The Balaban J connectivity index is 2.00. The second-order valence-corrected chi connectivity index (χ2v) is 9.84. The number of nitrogens with zero attached hydrogens (tertiary/aromatic N) is 2. The molecule has 0 spiro atoms. The lowest BCUT2D eigenvalue weighted by atomic mass is 9.96. The minimum Gasteiger partial charge on any atom is -0.379 e. The van der Waals surface area contributed by atoms with Crippen LogP contribution in [0.2, 0.25) is 10.0 Å².